The lowest BCUT2D eigenvalue weighted by atomic mass is 10.0. The average molecular weight is 231 g/mol. The summed E-state index contributed by atoms with van der Waals surface area (Å²) in [6.07, 6.45) is 1.03. The maximum Gasteiger partial charge on any atom is 0.248 e. The van der Waals surface area contributed by atoms with Crippen LogP contribution in [0.5, 0.6) is 0 Å². The van der Waals surface area contributed by atoms with Crippen LogP contribution in [0, 0.1) is 0 Å². The molecular formula is C13H17N3O. The minimum atomic E-state index is -0.0524. The van der Waals surface area contributed by atoms with Gasteiger partial charge in [0.05, 0.1) is 11.4 Å². The molecule has 0 radical (unpaired) electrons. The first-order chi connectivity index (χ1) is 8.29. The van der Waals surface area contributed by atoms with E-state index in [4.69, 9.17) is 0 Å². The van der Waals surface area contributed by atoms with Gasteiger partial charge >= 0.3 is 0 Å². The second-order valence-electron chi connectivity index (χ2n) is 4.61. The topological polar surface area (TPSA) is 44.4 Å². The van der Waals surface area contributed by atoms with Gasteiger partial charge in [-0.15, -0.1) is 0 Å². The minimum Gasteiger partial charge on any atom is -0.356 e. The summed E-state index contributed by atoms with van der Waals surface area (Å²) >= 11 is 0. The van der Waals surface area contributed by atoms with E-state index >= 15 is 0 Å². The SMILES string of the molecule is CCc1ccc2c(c1)N1CCNCC1C(=O)N2. The second-order valence-corrected chi connectivity index (χ2v) is 4.61. The highest BCUT2D eigenvalue weighted by molar-refractivity contribution is 6.04. The van der Waals surface area contributed by atoms with Crippen molar-refractivity contribution in [2.75, 3.05) is 29.9 Å². The Labute approximate surface area is 101 Å². The van der Waals surface area contributed by atoms with Crippen LogP contribution in [-0.4, -0.2) is 31.6 Å². The number of rotatable bonds is 1. The molecule has 1 aromatic carbocycles. The maximum absolute atomic E-state index is 12.0. The second kappa shape index (κ2) is 4.04. The zero-order chi connectivity index (χ0) is 11.8. The number of hydrogen-bond acceptors (Lipinski definition) is 3. The molecule has 2 N–H and O–H groups in total. The summed E-state index contributed by atoms with van der Waals surface area (Å²) in [6.45, 7) is 4.73. The number of carbonyl (C=O) groups excluding carboxylic acids is 1. The van der Waals surface area contributed by atoms with Crippen LogP contribution in [0.15, 0.2) is 18.2 Å². The highest BCUT2D eigenvalue weighted by Crippen LogP contribution is 2.33. The standard InChI is InChI=1S/C13H17N3O/c1-2-9-3-4-10-11(7-9)16-6-5-14-8-12(16)13(17)15-10/h3-4,7,12,14H,2,5-6,8H2,1H3,(H,15,17). The summed E-state index contributed by atoms with van der Waals surface area (Å²) in [7, 11) is 0. The first kappa shape index (κ1) is 10.6. The number of nitrogens with one attached hydrogen (secondary N) is 2. The van der Waals surface area contributed by atoms with Crippen LogP contribution < -0.4 is 15.5 Å². The Morgan fingerprint density at radius 1 is 1.47 bits per heavy atom. The number of piperazine rings is 1. The lowest BCUT2D eigenvalue weighted by molar-refractivity contribution is -0.117. The molecule has 0 saturated carbocycles. The Bertz CT molecular complexity index is 458. The highest BCUT2D eigenvalue weighted by atomic mass is 16.2. The Morgan fingerprint density at radius 3 is 3.18 bits per heavy atom. The molecule has 0 bridgehead atoms. The van der Waals surface area contributed by atoms with Crippen LogP contribution >= 0.6 is 0 Å². The molecule has 1 unspecified atom stereocenters. The predicted molar refractivity (Wildman–Crippen MR) is 68.5 cm³/mol. The smallest absolute Gasteiger partial charge is 0.248 e. The Balaban J connectivity index is 2.04. The van der Waals surface area contributed by atoms with Gasteiger partial charge in [0, 0.05) is 19.6 Å². The van der Waals surface area contributed by atoms with Crippen LogP contribution in [0.1, 0.15) is 12.5 Å². The van der Waals surface area contributed by atoms with Crippen LogP contribution in [0.25, 0.3) is 0 Å². The third kappa shape index (κ3) is 1.69. The molecule has 4 nitrogen and oxygen atoms in total. The summed E-state index contributed by atoms with van der Waals surface area (Å²) < 4.78 is 0. The largest absolute Gasteiger partial charge is 0.356 e. The highest BCUT2D eigenvalue weighted by Gasteiger charge is 2.34. The first-order valence-electron chi connectivity index (χ1n) is 6.20. The summed E-state index contributed by atoms with van der Waals surface area (Å²) in [5, 5.41) is 6.26. The minimum absolute atomic E-state index is 0.0524. The normalized spacial score (nSPS) is 22.8. The van der Waals surface area contributed by atoms with Gasteiger partial charge in [0.25, 0.3) is 0 Å². The van der Waals surface area contributed by atoms with Gasteiger partial charge in [-0.3, -0.25) is 4.79 Å². The van der Waals surface area contributed by atoms with Gasteiger partial charge in [0.1, 0.15) is 6.04 Å². The van der Waals surface area contributed by atoms with Crippen molar-refractivity contribution in [2.45, 2.75) is 19.4 Å². The van der Waals surface area contributed by atoms with Crippen LogP contribution in [0.2, 0.25) is 0 Å². The molecule has 0 aliphatic carbocycles. The van der Waals surface area contributed by atoms with Gasteiger partial charge in [-0.1, -0.05) is 13.0 Å². The molecule has 1 fully saturated rings. The quantitative estimate of drug-likeness (QED) is 0.757. The van der Waals surface area contributed by atoms with Crippen molar-refractivity contribution >= 4 is 17.3 Å². The predicted octanol–water partition coefficient (Wildman–Crippen LogP) is 0.979. The fourth-order valence-electron chi connectivity index (χ4n) is 2.58. The number of nitrogens with zero attached hydrogens (tertiary/aromatic N) is 1. The molecule has 1 aromatic rings. The van der Waals surface area contributed by atoms with Crippen molar-refractivity contribution in [3.05, 3.63) is 23.8 Å². The first-order valence-corrected chi connectivity index (χ1v) is 6.20. The van der Waals surface area contributed by atoms with E-state index in [0.29, 0.717) is 0 Å². The monoisotopic (exact) mass is 231 g/mol. The zero-order valence-electron chi connectivity index (χ0n) is 9.99. The van der Waals surface area contributed by atoms with Crippen molar-refractivity contribution in [3.63, 3.8) is 0 Å². The molecule has 1 saturated heterocycles. The van der Waals surface area contributed by atoms with Gasteiger partial charge in [-0.05, 0) is 24.1 Å². The van der Waals surface area contributed by atoms with Gasteiger partial charge in [-0.2, -0.15) is 0 Å². The average Bonchev–Trinajstić information content (AvgIpc) is 2.39. The third-order valence-corrected chi connectivity index (χ3v) is 3.58. The molecule has 0 aromatic heterocycles. The molecule has 4 heteroatoms. The van der Waals surface area contributed by atoms with Crippen molar-refractivity contribution in [1.29, 1.82) is 0 Å². The van der Waals surface area contributed by atoms with E-state index in [1.165, 1.54) is 11.3 Å². The maximum atomic E-state index is 12.0. The molecule has 90 valence electrons. The van der Waals surface area contributed by atoms with Crippen molar-refractivity contribution in [3.8, 4) is 0 Å². The van der Waals surface area contributed by atoms with E-state index in [0.717, 1.165) is 31.7 Å². The number of aryl methyl sites for hydroxylation is 1. The van der Waals surface area contributed by atoms with Gasteiger partial charge in [0.15, 0.2) is 0 Å². The number of anilines is 2. The summed E-state index contributed by atoms with van der Waals surface area (Å²) in [6, 6.07) is 6.25. The number of amides is 1. The van der Waals surface area contributed by atoms with Gasteiger partial charge in [-0.25, -0.2) is 0 Å². The fraction of sp³-hybridized carbons (Fsp3) is 0.462. The van der Waals surface area contributed by atoms with Crippen molar-refractivity contribution < 1.29 is 4.79 Å². The fourth-order valence-corrected chi connectivity index (χ4v) is 2.58. The number of benzene rings is 1. The molecule has 1 atom stereocenters. The van der Waals surface area contributed by atoms with Crippen LogP contribution in [0.3, 0.4) is 0 Å². The van der Waals surface area contributed by atoms with E-state index in [2.05, 4.69) is 34.6 Å². The summed E-state index contributed by atoms with van der Waals surface area (Å²) in [4.78, 5) is 14.2. The van der Waals surface area contributed by atoms with E-state index < -0.39 is 0 Å². The molecular weight excluding hydrogens is 214 g/mol. The van der Waals surface area contributed by atoms with E-state index in [1.54, 1.807) is 0 Å². The molecule has 2 aliphatic rings. The lowest BCUT2D eigenvalue weighted by Gasteiger charge is -2.41. The molecule has 1 amide bonds. The van der Waals surface area contributed by atoms with Crippen LogP contribution in [0.4, 0.5) is 11.4 Å². The van der Waals surface area contributed by atoms with Crippen LogP contribution in [-0.2, 0) is 11.2 Å². The zero-order valence-corrected chi connectivity index (χ0v) is 9.99. The number of carbonyl (C=O) groups is 1. The van der Waals surface area contributed by atoms with E-state index in [9.17, 15) is 4.79 Å². The van der Waals surface area contributed by atoms with Crippen molar-refractivity contribution in [1.82, 2.24) is 5.32 Å². The molecule has 3 rings (SSSR count). The summed E-state index contributed by atoms with van der Waals surface area (Å²) in [5.41, 5.74) is 3.44. The van der Waals surface area contributed by atoms with E-state index in [1.807, 2.05) is 6.07 Å². The molecule has 2 heterocycles. The van der Waals surface area contributed by atoms with Gasteiger partial charge in [0.2, 0.25) is 5.91 Å². The Morgan fingerprint density at radius 2 is 2.35 bits per heavy atom. The third-order valence-electron chi connectivity index (χ3n) is 3.58. The van der Waals surface area contributed by atoms with Crippen molar-refractivity contribution in [2.24, 2.45) is 0 Å². The molecule has 17 heavy (non-hydrogen) atoms. The number of hydrogen-bond donors (Lipinski definition) is 2. The number of fused-ring (bicyclic) bond motifs is 3. The summed E-state index contributed by atoms with van der Waals surface area (Å²) in [5.74, 6) is 0.106. The molecule has 0 spiro atoms. The molecule has 2 aliphatic heterocycles. The Kier molecular flexibility index (Phi) is 2.52. The lowest BCUT2D eigenvalue weighted by Crippen LogP contribution is -2.58. The Hall–Kier alpha value is -1.55. The van der Waals surface area contributed by atoms with E-state index in [-0.39, 0.29) is 11.9 Å². The van der Waals surface area contributed by atoms with Gasteiger partial charge < -0.3 is 15.5 Å².